The van der Waals surface area contributed by atoms with E-state index in [4.69, 9.17) is 0 Å². The zero-order valence-corrected chi connectivity index (χ0v) is 8.93. The van der Waals surface area contributed by atoms with Crippen LogP contribution in [-0.2, 0) is 0 Å². The van der Waals surface area contributed by atoms with Gasteiger partial charge in [-0.25, -0.2) is 8.78 Å². The van der Waals surface area contributed by atoms with Crippen molar-refractivity contribution in [2.24, 2.45) is 0 Å². The van der Waals surface area contributed by atoms with Crippen LogP contribution < -0.4 is 5.32 Å². The number of nitrogens with one attached hydrogen (secondary N) is 1. The highest BCUT2D eigenvalue weighted by Crippen LogP contribution is 2.11. The Kier molecular flexibility index (Phi) is 4.43. The normalized spacial score (nSPS) is 13.3. The average Bonchev–Trinajstić information content (AvgIpc) is 2.17. The van der Waals surface area contributed by atoms with Gasteiger partial charge in [0.2, 0.25) is 0 Å². The lowest BCUT2D eigenvalue weighted by atomic mass is 10.1. The molecule has 0 aliphatic heterocycles. The molecule has 0 amide bonds. The topological polar surface area (TPSA) is 12.0 Å². The Morgan fingerprint density at radius 2 is 2.13 bits per heavy atom. The first-order chi connectivity index (χ1) is 7.13. The highest BCUT2D eigenvalue weighted by molar-refractivity contribution is 5.50. The Hall–Kier alpha value is -1.22. The van der Waals surface area contributed by atoms with Crippen LogP contribution in [0.3, 0.4) is 0 Å². The number of rotatable bonds is 4. The first-order valence-corrected chi connectivity index (χ1v) is 5.00. The van der Waals surface area contributed by atoms with Crippen LogP contribution in [0.4, 0.5) is 8.78 Å². The second kappa shape index (κ2) is 5.61. The zero-order chi connectivity index (χ0) is 11.3. The molecule has 0 aliphatic carbocycles. The van der Waals surface area contributed by atoms with Gasteiger partial charge >= 0.3 is 0 Å². The highest BCUT2D eigenvalue weighted by atomic mass is 19.1. The maximum absolute atomic E-state index is 13.2. The van der Waals surface area contributed by atoms with Gasteiger partial charge in [-0.05, 0) is 25.6 Å². The maximum atomic E-state index is 13.2. The number of halogens is 2. The first kappa shape index (κ1) is 11.9. The summed E-state index contributed by atoms with van der Waals surface area (Å²) in [4.78, 5) is 0. The molecule has 0 radical (unpaired) electrons. The Morgan fingerprint density at radius 1 is 1.40 bits per heavy atom. The van der Waals surface area contributed by atoms with Crippen molar-refractivity contribution in [2.45, 2.75) is 19.9 Å². The summed E-state index contributed by atoms with van der Waals surface area (Å²) in [7, 11) is 0. The summed E-state index contributed by atoms with van der Waals surface area (Å²) >= 11 is 0. The monoisotopic (exact) mass is 211 g/mol. The molecule has 0 bridgehead atoms. The summed E-state index contributed by atoms with van der Waals surface area (Å²) in [6.45, 7) is 4.83. The second-order valence-corrected chi connectivity index (χ2v) is 3.37. The van der Waals surface area contributed by atoms with Crippen molar-refractivity contribution in [1.82, 2.24) is 5.32 Å². The lowest BCUT2D eigenvalue weighted by Gasteiger charge is -2.05. The van der Waals surface area contributed by atoms with Crippen LogP contribution in [-0.4, -0.2) is 12.6 Å². The van der Waals surface area contributed by atoms with Crippen molar-refractivity contribution in [1.29, 1.82) is 0 Å². The van der Waals surface area contributed by atoms with E-state index in [1.807, 2.05) is 19.9 Å². The maximum Gasteiger partial charge on any atom is 0.133 e. The van der Waals surface area contributed by atoms with Crippen LogP contribution in [0.25, 0.3) is 6.08 Å². The van der Waals surface area contributed by atoms with Gasteiger partial charge in [0.15, 0.2) is 0 Å². The van der Waals surface area contributed by atoms with Gasteiger partial charge in [0, 0.05) is 17.7 Å². The third-order valence-corrected chi connectivity index (χ3v) is 2.05. The van der Waals surface area contributed by atoms with Gasteiger partial charge in [0.25, 0.3) is 0 Å². The van der Waals surface area contributed by atoms with Crippen molar-refractivity contribution in [3.8, 4) is 0 Å². The van der Waals surface area contributed by atoms with E-state index in [1.165, 1.54) is 12.1 Å². The number of benzene rings is 1. The fourth-order valence-electron chi connectivity index (χ4n) is 1.27. The Morgan fingerprint density at radius 3 is 2.73 bits per heavy atom. The van der Waals surface area contributed by atoms with Gasteiger partial charge in [-0.3, -0.25) is 0 Å². The van der Waals surface area contributed by atoms with Crippen molar-refractivity contribution in [3.05, 3.63) is 41.5 Å². The molecule has 0 saturated heterocycles. The van der Waals surface area contributed by atoms with Gasteiger partial charge in [-0.2, -0.15) is 0 Å². The second-order valence-electron chi connectivity index (χ2n) is 3.37. The fourth-order valence-corrected chi connectivity index (χ4v) is 1.27. The van der Waals surface area contributed by atoms with E-state index in [1.54, 1.807) is 6.08 Å². The third kappa shape index (κ3) is 3.80. The minimum Gasteiger partial charge on any atom is -0.311 e. The lowest BCUT2D eigenvalue weighted by Crippen LogP contribution is -2.22. The third-order valence-electron chi connectivity index (χ3n) is 2.05. The SMILES string of the molecule is CCNC(C)/C=C/c1ccc(F)cc1F. The van der Waals surface area contributed by atoms with Crippen molar-refractivity contribution >= 4 is 6.08 Å². The van der Waals surface area contributed by atoms with Gasteiger partial charge in [0.05, 0.1) is 0 Å². The van der Waals surface area contributed by atoms with Crippen LogP contribution in [0.15, 0.2) is 24.3 Å². The van der Waals surface area contributed by atoms with Crippen molar-refractivity contribution in [3.63, 3.8) is 0 Å². The lowest BCUT2D eigenvalue weighted by molar-refractivity contribution is 0.581. The zero-order valence-electron chi connectivity index (χ0n) is 8.93. The first-order valence-electron chi connectivity index (χ1n) is 5.00. The van der Waals surface area contributed by atoms with Gasteiger partial charge in [-0.1, -0.05) is 19.1 Å². The number of hydrogen-bond acceptors (Lipinski definition) is 1. The quantitative estimate of drug-likeness (QED) is 0.807. The number of hydrogen-bond donors (Lipinski definition) is 1. The Balaban J connectivity index is 2.72. The van der Waals surface area contributed by atoms with Crippen LogP contribution in [0.2, 0.25) is 0 Å². The molecule has 0 aliphatic rings. The summed E-state index contributed by atoms with van der Waals surface area (Å²) in [5.41, 5.74) is 0.404. The molecule has 3 heteroatoms. The fraction of sp³-hybridized carbons (Fsp3) is 0.333. The average molecular weight is 211 g/mol. The molecular weight excluding hydrogens is 196 g/mol. The van der Waals surface area contributed by atoms with E-state index in [-0.39, 0.29) is 6.04 Å². The summed E-state index contributed by atoms with van der Waals surface area (Å²) in [6.07, 6.45) is 3.50. The molecule has 82 valence electrons. The standard InChI is InChI=1S/C12H15F2N/c1-3-15-9(2)4-5-10-6-7-11(13)8-12(10)14/h4-9,15H,3H2,1-2H3/b5-4+. The molecule has 1 atom stereocenters. The molecule has 1 aromatic carbocycles. The largest absolute Gasteiger partial charge is 0.311 e. The van der Waals surface area contributed by atoms with Crippen molar-refractivity contribution < 1.29 is 8.78 Å². The number of likely N-dealkylation sites (N-methyl/N-ethyl adjacent to an activating group) is 1. The van der Waals surface area contributed by atoms with E-state index in [0.717, 1.165) is 12.6 Å². The van der Waals surface area contributed by atoms with Gasteiger partial charge in [-0.15, -0.1) is 0 Å². The van der Waals surface area contributed by atoms with E-state index in [0.29, 0.717) is 5.56 Å². The van der Waals surface area contributed by atoms with Crippen molar-refractivity contribution in [2.75, 3.05) is 6.54 Å². The molecule has 15 heavy (non-hydrogen) atoms. The molecular formula is C12H15F2N. The molecule has 0 fully saturated rings. The molecule has 1 aromatic rings. The summed E-state index contributed by atoms with van der Waals surface area (Å²) in [6, 6.07) is 3.75. The molecule has 0 spiro atoms. The predicted octanol–water partition coefficient (Wildman–Crippen LogP) is 2.98. The molecule has 1 N–H and O–H groups in total. The Bertz CT molecular complexity index is 347. The molecule has 0 heterocycles. The molecule has 1 nitrogen and oxygen atoms in total. The van der Waals surface area contributed by atoms with Crippen LogP contribution in [0.5, 0.6) is 0 Å². The minimum absolute atomic E-state index is 0.180. The summed E-state index contributed by atoms with van der Waals surface area (Å²) in [5.74, 6) is -1.08. The molecule has 1 rings (SSSR count). The molecule has 1 unspecified atom stereocenters. The smallest absolute Gasteiger partial charge is 0.133 e. The minimum atomic E-state index is -0.551. The summed E-state index contributed by atoms with van der Waals surface area (Å²) in [5, 5.41) is 3.16. The van der Waals surface area contributed by atoms with E-state index in [9.17, 15) is 8.78 Å². The Labute approximate surface area is 88.8 Å². The molecule has 0 aromatic heterocycles. The van der Waals surface area contributed by atoms with E-state index >= 15 is 0 Å². The summed E-state index contributed by atoms with van der Waals surface area (Å²) < 4.78 is 25.8. The van der Waals surface area contributed by atoms with Gasteiger partial charge in [0.1, 0.15) is 11.6 Å². The molecule has 0 saturated carbocycles. The van der Waals surface area contributed by atoms with E-state index in [2.05, 4.69) is 5.32 Å². The van der Waals surface area contributed by atoms with Crippen LogP contribution in [0, 0.1) is 11.6 Å². The predicted molar refractivity (Wildman–Crippen MR) is 58.5 cm³/mol. The van der Waals surface area contributed by atoms with Crippen LogP contribution in [0.1, 0.15) is 19.4 Å². The van der Waals surface area contributed by atoms with E-state index < -0.39 is 11.6 Å². The highest BCUT2D eigenvalue weighted by Gasteiger charge is 2.00. The van der Waals surface area contributed by atoms with Gasteiger partial charge < -0.3 is 5.32 Å². The van der Waals surface area contributed by atoms with Crippen LogP contribution >= 0.6 is 0 Å².